The second kappa shape index (κ2) is 5.54. The number of aromatic nitrogens is 1. The first kappa shape index (κ1) is 12.4. The van der Waals surface area contributed by atoms with Gasteiger partial charge in [0.1, 0.15) is 5.75 Å². The van der Waals surface area contributed by atoms with E-state index in [2.05, 4.69) is 4.98 Å². The molecule has 0 saturated heterocycles. The molecule has 0 aliphatic rings. The number of benzene rings is 1. The lowest BCUT2D eigenvalue weighted by molar-refractivity contribution is 0.318. The molecule has 2 rings (SSSR count). The Balaban J connectivity index is 1.97. The lowest BCUT2D eigenvalue weighted by Gasteiger charge is -2.11. The van der Waals surface area contributed by atoms with Crippen molar-refractivity contribution in [2.45, 2.75) is 20.3 Å². The van der Waals surface area contributed by atoms with Gasteiger partial charge >= 0.3 is 0 Å². The molecule has 0 bridgehead atoms. The molecule has 0 unspecified atom stereocenters. The molecule has 18 heavy (non-hydrogen) atoms. The van der Waals surface area contributed by atoms with Gasteiger partial charge in [-0.05, 0) is 37.1 Å². The van der Waals surface area contributed by atoms with Crippen molar-refractivity contribution in [2.24, 2.45) is 0 Å². The zero-order valence-electron chi connectivity index (χ0n) is 10.8. The van der Waals surface area contributed by atoms with Crippen molar-refractivity contribution < 1.29 is 4.74 Å². The molecule has 0 aliphatic heterocycles. The van der Waals surface area contributed by atoms with E-state index in [1.54, 1.807) is 6.20 Å². The molecule has 3 nitrogen and oxygen atoms in total. The number of nitrogens with two attached hydrogens (primary N) is 1. The number of rotatable bonds is 4. The summed E-state index contributed by atoms with van der Waals surface area (Å²) in [7, 11) is 0. The van der Waals surface area contributed by atoms with Crippen molar-refractivity contribution in [1.29, 1.82) is 0 Å². The summed E-state index contributed by atoms with van der Waals surface area (Å²) in [4.78, 5) is 4.26. The van der Waals surface area contributed by atoms with Gasteiger partial charge in [0.2, 0.25) is 0 Å². The van der Waals surface area contributed by atoms with Crippen LogP contribution in [0, 0.1) is 13.8 Å². The summed E-state index contributed by atoms with van der Waals surface area (Å²) < 4.78 is 5.76. The van der Waals surface area contributed by atoms with E-state index in [-0.39, 0.29) is 0 Å². The molecule has 0 saturated carbocycles. The first-order valence-electron chi connectivity index (χ1n) is 6.06. The third-order valence-corrected chi connectivity index (χ3v) is 2.91. The van der Waals surface area contributed by atoms with Crippen LogP contribution >= 0.6 is 0 Å². The van der Waals surface area contributed by atoms with E-state index in [4.69, 9.17) is 10.5 Å². The van der Waals surface area contributed by atoms with Crippen LogP contribution < -0.4 is 10.5 Å². The maximum Gasteiger partial charge on any atom is 0.124 e. The first-order chi connectivity index (χ1) is 8.66. The smallest absolute Gasteiger partial charge is 0.124 e. The molecule has 0 amide bonds. The van der Waals surface area contributed by atoms with Crippen molar-refractivity contribution in [2.75, 3.05) is 12.3 Å². The first-order valence-corrected chi connectivity index (χ1v) is 6.06. The number of nitrogen functional groups attached to an aromatic ring is 1. The molecule has 3 heteroatoms. The molecule has 0 atom stereocenters. The number of hydrogen-bond donors (Lipinski definition) is 1. The van der Waals surface area contributed by atoms with E-state index < -0.39 is 0 Å². The van der Waals surface area contributed by atoms with Gasteiger partial charge in [-0.25, -0.2) is 0 Å². The molecular weight excluding hydrogens is 224 g/mol. The Hall–Kier alpha value is -2.03. The van der Waals surface area contributed by atoms with Crippen LogP contribution in [0.25, 0.3) is 0 Å². The standard InChI is InChI=1S/C15H18N2O/c1-11-9-12(2)15(10-14(11)16)18-8-6-13-5-3-4-7-17-13/h3-5,7,9-10H,6,8,16H2,1-2H3. The topological polar surface area (TPSA) is 48.1 Å². The summed E-state index contributed by atoms with van der Waals surface area (Å²) in [5.41, 5.74) is 9.89. The highest BCUT2D eigenvalue weighted by atomic mass is 16.5. The van der Waals surface area contributed by atoms with Gasteiger partial charge in [-0.1, -0.05) is 12.1 Å². The largest absolute Gasteiger partial charge is 0.493 e. The van der Waals surface area contributed by atoms with Crippen LogP contribution in [0.2, 0.25) is 0 Å². The third kappa shape index (κ3) is 3.00. The number of pyridine rings is 1. The Morgan fingerprint density at radius 1 is 1.17 bits per heavy atom. The molecule has 1 aromatic carbocycles. The van der Waals surface area contributed by atoms with Crippen LogP contribution in [0.5, 0.6) is 5.75 Å². The number of ether oxygens (including phenoxy) is 1. The minimum absolute atomic E-state index is 0.611. The van der Waals surface area contributed by atoms with E-state index in [0.29, 0.717) is 6.61 Å². The predicted molar refractivity (Wildman–Crippen MR) is 73.8 cm³/mol. The average molecular weight is 242 g/mol. The average Bonchev–Trinajstić information content (AvgIpc) is 2.37. The Kier molecular flexibility index (Phi) is 3.82. The van der Waals surface area contributed by atoms with E-state index in [0.717, 1.165) is 34.7 Å². The predicted octanol–water partition coefficient (Wildman–Crippen LogP) is 2.90. The molecular formula is C15H18N2O. The molecule has 1 heterocycles. The molecule has 2 aromatic rings. The highest BCUT2D eigenvalue weighted by molar-refractivity contribution is 5.54. The summed E-state index contributed by atoms with van der Waals surface area (Å²) in [5.74, 6) is 0.856. The molecule has 94 valence electrons. The maximum absolute atomic E-state index is 5.88. The van der Waals surface area contributed by atoms with Gasteiger partial charge in [0.05, 0.1) is 6.61 Å². The van der Waals surface area contributed by atoms with Crippen molar-refractivity contribution in [3.05, 3.63) is 53.3 Å². The van der Waals surface area contributed by atoms with Gasteiger partial charge in [-0.2, -0.15) is 0 Å². The summed E-state index contributed by atoms with van der Waals surface area (Å²) in [5, 5.41) is 0. The fourth-order valence-electron chi connectivity index (χ4n) is 1.82. The van der Waals surface area contributed by atoms with Crippen LogP contribution in [0.1, 0.15) is 16.8 Å². The summed E-state index contributed by atoms with van der Waals surface area (Å²) in [6.07, 6.45) is 2.60. The van der Waals surface area contributed by atoms with Crippen molar-refractivity contribution in [1.82, 2.24) is 4.98 Å². The highest BCUT2D eigenvalue weighted by Gasteiger charge is 2.03. The number of aryl methyl sites for hydroxylation is 2. The van der Waals surface area contributed by atoms with E-state index in [1.165, 1.54) is 0 Å². The van der Waals surface area contributed by atoms with Gasteiger partial charge in [-0.15, -0.1) is 0 Å². The minimum Gasteiger partial charge on any atom is -0.493 e. The summed E-state index contributed by atoms with van der Waals surface area (Å²) in [6, 6.07) is 9.83. The van der Waals surface area contributed by atoms with Crippen LogP contribution in [0.4, 0.5) is 5.69 Å². The monoisotopic (exact) mass is 242 g/mol. The zero-order chi connectivity index (χ0) is 13.0. The Morgan fingerprint density at radius 3 is 2.72 bits per heavy atom. The Labute approximate surface area is 108 Å². The minimum atomic E-state index is 0.611. The van der Waals surface area contributed by atoms with Crippen LogP contribution in [0.3, 0.4) is 0 Å². The quantitative estimate of drug-likeness (QED) is 0.839. The van der Waals surface area contributed by atoms with E-state index in [9.17, 15) is 0 Å². The van der Waals surface area contributed by atoms with Gasteiger partial charge in [0.15, 0.2) is 0 Å². The lowest BCUT2D eigenvalue weighted by atomic mass is 10.1. The second-order valence-electron chi connectivity index (χ2n) is 4.39. The normalized spacial score (nSPS) is 10.3. The van der Waals surface area contributed by atoms with E-state index in [1.807, 2.05) is 44.2 Å². The number of nitrogens with zero attached hydrogens (tertiary/aromatic N) is 1. The third-order valence-electron chi connectivity index (χ3n) is 2.91. The van der Waals surface area contributed by atoms with Crippen molar-refractivity contribution >= 4 is 5.69 Å². The molecule has 0 radical (unpaired) electrons. The Morgan fingerprint density at radius 2 is 2.00 bits per heavy atom. The fourth-order valence-corrected chi connectivity index (χ4v) is 1.82. The fraction of sp³-hybridized carbons (Fsp3) is 0.267. The van der Waals surface area contributed by atoms with Crippen LogP contribution in [-0.2, 0) is 6.42 Å². The zero-order valence-corrected chi connectivity index (χ0v) is 10.8. The van der Waals surface area contributed by atoms with Gasteiger partial charge in [-0.3, -0.25) is 4.98 Å². The van der Waals surface area contributed by atoms with Gasteiger partial charge < -0.3 is 10.5 Å². The highest BCUT2D eigenvalue weighted by Crippen LogP contribution is 2.24. The molecule has 2 N–H and O–H groups in total. The van der Waals surface area contributed by atoms with Crippen LogP contribution in [0.15, 0.2) is 36.5 Å². The van der Waals surface area contributed by atoms with Crippen molar-refractivity contribution in [3.63, 3.8) is 0 Å². The van der Waals surface area contributed by atoms with Crippen LogP contribution in [-0.4, -0.2) is 11.6 Å². The van der Waals surface area contributed by atoms with Gasteiger partial charge in [0, 0.05) is 30.1 Å². The number of hydrogen-bond acceptors (Lipinski definition) is 3. The Bertz CT molecular complexity index is 524. The van der Waals surface area contributed by atoms with E-state index >= 15 is 0 Å². The molecule has 1 aromatic heterocycles. The van der Waals surface area contributed by atoms with Gasteiger partial charge in [0.25, 0.3) is 0 Å². The SMILES string of the molecule is Cc1cc(C)c(OCCc2ccccn2)cc1N. The summed E-state index contributed by atoms with van der Waals surface area (Å²) in [6.45, 7) is 4.64. The maximum atomic E-state index is 5.88. The molecule has 0 aliphatic carbocycles. The second-order valence-corrected chi connectivity index (χ2v) is 4.39. The van der Waals surface area contributed by atoms with Crippen molar-refractivity contribution in [3.8, 4) is 5.75 Å². The molecule has 0 spiro atoms. The molecule has 0 fully saturated rings. The lowest BCUT2D eigenvalue weighted by Crippen LogP contribution is -2.04. The summed E-state index contributed by atoms with van der Waals surface area (Å²) >= 11 is 0. The number of anilines is 1.